The van der Waals surface area contributed by atoms with E-state index in [1.807, 2.05) is 30.3 Å². The zero-order valence-electron chi connectivity index (χ0n) is 16.1. The minimum Gasteiger partial charge on any atom is -0.395 e. The summed E-state index contributed by atoms with van der Waals surface area (Å²) >= 11 is 0. The van der Waals surface area contributed by atoms with Crippen LogP contribution in [0.15, 0.2) is 48.5 Å². The molecule has 0 saturated heterocycles. The number of carbonyl (C=O) groups is 1. The number of nitrogens with one attached hydrogen (secondary N) is 1. The summed E-state index contributed by atoms with van der Waals surface area (Å²) in [6.45, 7) is 0.214. The van der Waals surface area contributed by atoms with Crippen molar-refractivity contribution in [1.82, 2.24) is 15.3 Å². The van der Waals surface area contributed by atoms with E-state index in [-0.39, 0.29) is 31.5 Å². The second-order valence-electron chi connectivity index (χ2n) is 6.75. The summed E-state index contributed by atoms with van der Waals surface area (Å²) < 4.78 is 29.1. The van der Waals surface area contributed by atoms with Crippen molar-refractivity contribution in [1.29, 1.82) is 0 Å². The van der Waals surface area contributed by atoms with E-state index in [1.54, 1.807) is 11.9 Å². The standard InChI is InChI=1S/C21H19F2N5O2/c1-27(10-11-29)20-25-17(13-6-3-2-4-7-13)14-12-24-21(30)28(19(14)26-20)18-15(22)8-5-9-16(18)23/h2-9,29H,10-12H2,1H3,(H,24,30). The van der Waals surface area contributed by atoms with Gasteiger partial charge in [-0.3, -0.25) is 0 Å². The number of hydrogen-bond acceptors (Lipinski definition) is 5. The predicted molar refractivity (Wildman–Crippen MR) is 109 cm³/mol. The first-order valence-electron chi connectivity index (χ1n) is 9.31. The molecular weight excluding hydrogens is 392 g/mol. The normalized spacial score (nSPS) is 13.1. The van der Waals surface area contributed by atoms with Gasteiger partial charge in [0.2, 0.25) is 5.95 Å². The summed E-state index contributed by atoms with van der Waals surface area (Å²) in [7, 11) is 1.68. The number of benzene rings is 2. The van der Waals surface area contributed by atoms with E-state index < -0.39 is 23.4 Å². The highest BCUT2D eigenvalue weighted by molar-refractivity contribution is 6.02. The summed E-state index contributed by atoms with van der Waals surface area (Å²) in [6.07, 6.45) is 0. The van der Waals surface area contributed by atoms with Crippen LogP contribution < -0.4 is 15.1 Å². The number of likely N-dealkylation sites (N-methyl/N-ethyl adjacent to an activating group) is 1. The van der Waals surface area contributed by atoms with Crippen LogP contribution in [0.2, 0.25) is 0 Å². The molecule has 0 bridgehead atoms. The van der Waals surface area contributed by atoms with Crippen molar-refractivity contribution in [3.05, 3.63) is 65.7 Å². The number of aliphatic hydroxyl groups excluding tert-OH is 1. The number of amides is 2. The lowest BCUT2D eigenvalue weighted by Crippen LogP contribution is -2.43. The molecule has 0 atom stereocenters. The molecule has 2 N–H and O–H groups in total. The van der Waals surface area contributed by atoms with Gasteiger partial charge in [-0.15, -0.1) is 0 Å². The van der Waals surface area contributed by atoms with E-state index in [9.17, 15) is 18.7 Å². The van der Waals surface area contributed by atoms with Crippen LogP contribution in [0.5, 0.6) is 0 Å². The first kappa shape index (κ1) is 19.7. The smallest absolute Gasteiger partial charge is 0.328 e. The summed E-state index contributed by atoms with van der Waals surface area (Å²) in [4.78, 5) is 24.2. The lowest BCUT2D eigenvalue weighted by Gasteiger charge is -2.31. The molecule has 3 aromatic rings. The van der Waals surface area contributed by atoms with Gasteiger partial charge < -0.3 is 15.3 Å². The third-order valence-electron chi connectivity index (χ3n) is 4.79. The van der Waals surface area contributed by atoms with Crippen LogP contribution in [0.1, 0.15) is 5.56 Å². The number of aromatic nitrogens is 2. The molecule has 2 heterocycles. The Hall–Kier alpha value is -3.59. The van der Waals surface area contributed by atoms with Crippen molar-refractivity contribution in [2.45, 2.75) is 6.54 Å². The maximum atomic E-state index is 14.6. The summed E-state index contributed by atoms with van der Waals surface area (Å²) in [5, 5.41) is 11.9. The number of halogens is 2. The van der Waals surface area contributed by atoms with E-state index >= 15 is 0 Å². The molecule has 9 heteroatoms. The zero-order chi connectivity index (χ0) is 21.3. The number of urea groups is 1. The quantitative estimate of drug-likeness (QED) is 0.674. The van der Waals surface area contributed by atoms with Gasteiger partial charge in [-0.25, -0.2) is 23.5 Å². The summed E-state index contributed by atoms with van der Waals surface area (Å²) in [5.41, 5.74) is 1.32. The zero-order valence-corrected chi connectivity index (χ0v) is 16.1. The van der Waals surface area contributed by atoms with Crippen molar-refractivity contribution in [3.63, 3.8) is 0 Å². The molecule has 30 heavy (non-hydrogen) atoms. The van der Waals surface area contributed by atoms with Crippen LogP contribution in [0.3, 0.4) is 0 Å². The summed E-state index contributed by atoms with van der Waals surface area (Å²) in [6, 6.07) is 11.9. The van der Waals surface area contributed by atoms with Gasteiger partial charge in [0.05, 0.1) is 18.8 Å². The van der Waals surface area contributed by atoms with Gasteiger partial charge in [-0.1, -0.05) is 36.4 Å². The van der Waals surface area contributed by atoms with Gasteiger partial charge in [0, 0.05) is 24.7 Å². The van der Waals surface area contributed by atoms with Gasteiger partial charge in [-0.05, 0) is 12.1 Å². The highest BCUT2D eigenvalue weighted by Crippen LogP contribution is 2.38. The fourth-order valence-corrected chi connectivity index (χ4v) is 3.31. The van der Waals surface area contributed by atoms with E-state index in [1.165, 1.54) is 6.07 Å². The molecule has 7 nitrogen and oxygen atoms in total. The fraction of sp³-hybridized carbons (Fsp3) is 0.190. The van der Waals surface area contributed by atoms with E-state index in [0.29, 0.717) is 11.3 Å². The minimum atomic E-state index is -0.886. The number of anilines is 3. The van der Waals surface area contributed by atoms with Crippen LogP contribution in [0.25, 0.3) is 11.3 Å². The molecular formula is C21H19F2N5O2. The number of nitrogens with zero attached hydrogens (tertiary/aromatic N) is 4. The lowest BCUT2D eigenvalue weighted by atomic mass is 10.0. The number of aliphatic hydroxyl groups is 1. The van der Waals surface area contributed by atoms with Crippen LogP contribution in [-0.4, -0.2) is 41.3 Å². The van der Waals surface area contributed by atoms with E-state index in [0.717, 1.165) is 22.6 Å². The highest BCUT2D eigenvalue weighted by atomic mass is 19.1. The number of fused-ring (bicyclic) bond motifs is 1. The average Bonchev–Trinajstić information content (AvgIpc) is 2.75. The van der Waals surface area contributed by atoms with Crippen molar-refractivity contribution >= 4 is 23.5 Å². The van der Waals surface area contributed by atoms with Gasteiger partial charge in [0.1, 0.15) is 17.3 Å². The Balaban J connectivity index is 1.98. The van der Waals surface area contributed by atoms with Crippen molar-refractivity contribution < 1.29 is 18.7 Å². The molecule has 0 spiro atoms. The van der Waals surface area contributed by atoms with Crippen molar-refractivity contribution in [2.24, 2.45) is 0 Å². The molecule has 0 aliphatic carbocycles. The molecule has 2 amide bonds. The first-order valence-corrected chi connectivity index (χ1v) is 9.31. The van der Waals surface area contributed by atoms with Crippen LogP contribution in [0.4, 0.5) is 31.0 Å². The third-order valence-corrected chi connectivity index (χ3v) is 4.79. The fourth-order valence-electron chi connectivity index (χ4n) is 3.31. The monoisotopic (exact) mass is 411 g/mol. The third kappa shape index (κ3) is 3.43. The second-order valence-corrected chi connectivity index (χ2v) is 6.75. The Bertz CT molecular complexity index is 1070. The van der Waals surface area contributed by atoms with Gasteiger partial charge in [-0.2, -0.15) is 4.98 Å². The number of para-hydroxylation sites is 1. The first-order chi connectivity index (χ1) is 14.5. The van der Waals surface area contributed by atoms with Gasteiger partial charge in [0.15, 0.2) is 5.82 Å². The molecule has 0 saturated carbocycles. The Morgan fingerprint density at radius 2 is 1.80 bits per heavy atom. The largest absolute Gasteiger partial charge is 0.395 e. The lowest BCUT2D eigenvalue weighted by molar-refractivity contribution is 0.246. The molecule has 1 aliphatic rings. The van der Waals surface area contributed by atoms with Crippen molar-refractivity contribution in [3.8, 4) is 11.3 Å². The molecule has 0 unspecified atom stereocenters. The van der Waals surface area contributed by atoms with Crippen LogP contribution in [0, 0.1) is 11.6 Å². The maximum absolute atomic E-state index is 14.6. The SMILES string of the molecule is CN(CCO)c1nc(-c2ccccc2)c2c(n1)N(c1c(F)cccc1F)C(=O)NC2. The average molecular weight is 411 g/mol. The topological polar surface area (TPSA) is 81.6 Å². The predicted octanol–water partition coefficient (Wildman–Crippen LogP) is 3.21. The summed E-state index contributed by atoms with van der Waals surface area (Å²) in [5.74, 6) is -1.46. The van der Waals surface area contributed by atoms with E-state index in [2.05, 4.69) is 15.3 Å². The van der Waals surface area contributed by atoms with Crippen LogP contribution >= 0.6 is 0 Å². The van der Waals surface area contributed by atoms with Crippen molar-refractivity contribution in [2.75, 3.05) is 30.0 Å². The maximum Gasteiger partial charge on any atom is 0.328 e. The van der Waals surface area contributed by atoms with Crippen LogP contribution in [-0.2, 0) is 6.54 Å². The molecule has 154 valence electrons. The molecule has 0 fully saturated rings. The number of hydrogen-bond donors (Lipinski definition) is 2. The molecule has 1 aliphatic heterocycles. The number of carbonyl (C=O) groups excluding carboxylic acids is 1. The minimum absolute atomic E-state index is 0.0939. The Morgan fingerprint density at radius 3 is 2.47 bits per heavy atom. The molecule has 0 radical (unpaired) electrons. The van der Waals surface area contributed by atoms with Gasteiger partial charge in [0.25, 0.3) is 0 Å². The Labute approximate surface area is 171 Å². The Morgan fingerprint density at radius 1 is 1.10 bits per heavy atom. The molecule has 4 rings (SSSR count). The Kier molecular flexibility index (Phi) is 5.28. The molecule has 1 aromatic heterocycles. The van der Waals surface area contributed by atoms with E-state index in [4.69, 9.17) is 0 Å². The number of rotatable bonds is 5. The van der Waals surface area contributed by atoms with Gasteiger partial charge >= 0.3 is 6.03 Å². The second kappa shape index (κ2) is 8.03. The highest BCUT2D eigenvalue weighted by Gasteiger charge is 2.34. The molecule has 2 aromatic carbocycles.